The predicted octanol–water partition coefficient (Wildman–Crippen LogP) is 3.49. The van der Waals surface area contributed by atoms with Crippen LogP contribution >= 0.6 is 0 Å². The molecular formula is C19H22N2O2. The number of nitrogens with zero attached hydrogens (tertiary/aromatic N) is 1. The first-order valence-electron chi connectivity index (χ1n) is 8.03. The number of benzene rings is 2. The lowest BCUT2D eigenvalue weighted by molar-refractivity contribution is 0.0617. The highest BCUT2D eigenvalue weighted by atomic mass is 16.6. The van der Waals surface area contributed by atoms with Gasteiger partial charge in [-0.3, -0.25) is 4.90 Å². The molecule has 0 aromatic heterocycles. The van der Waals surface area contributed by atoms with Crippen LogP contribution in [0.3, 0.4) is 0 Å². The third kappa shape index (κ3) is 3.71. The largest absolute Gasteiger partial charge is 0.445 e. The molecule has 1 saturated heterocycles. The van der Waals surface area contributed by atoms with Gasteiger partial charge in [0.2, 0.25) is 0 Å². The summed E-state index contributed by atoms with van der Waals surface area (Å²) in [5, 5.41) is 0. The Kier molecular flexibility index (Phi) is 4.93. The third-order valence-corrected chi connectivity index (χ3v) is 4.26. The minimum atomic E-state index is -0.294. The zero-order valence-corrected chi connectivity index (χ0v) is 13.1. The average molecular weight is 310 g/mol. The van der Waals surface area contributed by atoms with Gasteiger partial charge in [-0.1, -0.05) is 60.7 Å². The molecule has 0 bridgehead atoms. The molecule has 1 aliphatic heterocycles. The number of likely N-dealkylation sites (tertiary alicyclic amines) is 1. The molecule has 1 aliphatic rings. The van der Waals surface area contributed by atoms with Crippen LogP contribution in [0.2, 0.25) is 0 Å². The Morgan fingerprint density at radius 2 is 1.74 bits per heavy atom. The summed E-state index contributed by atoms with van der Waals surface area (Å²) in [6, 6.07) is 19.5. The minimum Gasteiger partial charge on any atom is -0.445 e. The molecule has 2 N–H and O–H groups in total. The van der Waals surface area contributed by atoms with E-state index in [1.165, 1.54) is 0 Å². The first kappa shape index (κ1) is 15.6. The second-order valence-corrected chi connectivity index (χ2v) is 5.90. The normalized spacial score (nSPS) is 21.0. The number of carbonyl (C=O) groups excluding carboxylic acids is 1. The second-order valence-electron chi connectivity index (χ2n) is 5.90. The third-order valence-electron chi connectivity index (χ3n) is 4.26. The maximum atomic E-state index is 12.5. The summed E-state index contributed by atoms with van der Waals surface area (Å²) >= 11 is 0. The van der Waals surface area contributed by atoms with Crippen LogP contribution < -0.4 is 5.73 Å². The number of ether oxygens (including phenoxy) is 1. The molecule has 4 heteroatoms. The number of carbonyl (C=O) groups is 1. The summed E-state index contributed by atoms with van der Waals surface area (Å²) in [7, 11) is 0. The van der Waals surface area contributed by atoms with Crippen LogP contribution in [0.25, 0.3) is 0 Å². The highest BCUT2D eigenvalue weighted by Gasteiger charge is 2.34. The Balaban J connectivity index is 1.72. The number of rotatable bonds is 3. The molecule has 0 unspecified atom stereocenters. The van der Waals surface area contributed by atoms with Crippen molar-refractivity contribution < 1.29 is 9.53 Å². The van der Waals surface area contributed by atoms with E-state index in [4.69, 9.17) is 10.5 Å². The highest BCUT2D eigenvalue weighted by molar-refractivity contribution is 5.68. The van der Waals surface area contributed by atoms with Gasteiger partial charge in [0.25, 0.3) is 0 Å². The smallest absolute Gasteiger partial charge is 0.410 e. The van der Waals surface area contributed by atoms with E-state index in [2.05, 4.69) is 0 Å². The minimum absolute atomic E-state index is 0.0598. The molecule has 120 valence electrons. The van der Waals surface area contributed by atoms with Crippen molar-refractivity contribution in [1.82, 2.24) is 4.90 Å². The lowest BCUT2D eigenvalue weighted by Gasteiger charge is -2.39. The molecule has 2 aromatic carbocycles. The molecule has 0 spiro atoms. The molecule has 1 amide bonds. The van der Waals surface area contributed by atoms with Crippen LogP contribution in [0.4, 0.5) is 4.79 Å². The van der Waals surface area contributed by atoms with Crippen molar-refractivity contribution in [3.63, 3.8) is 0 Å². The molecule has 0 saturated carbocycles. The Labute approximate surface area is 136 Å². The molecule has 2 aromatic rings. The van der Waals surface area contributed by atoms with E-state index >= 15 is 0 Å². The molecule has 1 heterocycles. The highest BCUT2D eigenvalue weighted by Crippen LogP contribution is 2.30. The molecule has 0 aliphatic carbocycles. The molecule has 3 rings (SSSR count). The van der Waals surface area contributed by atoms with Gasteiger partial charge in [0.15, 0.2) is 0 Å². The van der Waals surface area contributed by atoms with E-state index in [9.17, 15) is 4.79 Å². The fourth-order valence-corrected chi connectivity index (χ4v) is 3.11. The van der Waals surface area contributed by atoms with Crippen LogP contribution in [0.1, 0.15) is 30.0 Å². The van der Waals surface area contributed by atoms with Crippen molar-refractivity contribution in [3.05, 3.63) is 71.8 Å². The van der Waals surface area contributed by atoms with Crippen LogP contribution in [0.5, 0.6) is 0 Å². The van der Waals surface area contributed by atoms with E-state index < -0.39 is 0 Å². The SMILES string of the molecule is N[C@@H]1CCCN(C(=O)OCc2ccccc2)[C@@H]1c1ccccc1. The zero-order valence-electron chi connectivity index (χ0n) is 13.1. The summed E-state index contributed by atoms with van der Waals surface area (Å²) in [6.45, 7) is 0.966. The summed E-state index contributed by atoms with van der Waals surface area (Å²) < 4.78 is 5.50. The Bertz CT molecular complexity index is 630. The molecule has 1 fully saturated rings. The predicted molar refractivity (Wildman–Crippen MR) is 89.7 cm³/mol. The van der Waals surface area contributed by atoms with Crippen LogP contribution in [0, 0.1) is 0 Å². The van der Waals surface area contributed by atoms with E-state index in [1.807, 2.05) is 60.7 Å². The fourth-order valence-electron chi connectivity index (χ4n) is 3.11. The molecule has 23 heavy (non-hydrogen) atoms. The zero-order chi connectivity index (χ0) is 16.1. The first-order chi connectivity index (χ1) is 11.3. The van der Waals surface area contributed by atoms with Gasteiger partial charge in [-0.05, 0) is 24.0 Å². The fraction of sp³-hybridized carbons (Fsp3) is 0.316. The van der Waals surface area contributed by atoms with Crippen LogP contribution in [0.15, 0.2) is 60.7 Å². The first-order valence-corrected chi connectivity index (χ1v) is 8.03. The number of piperidine rings is 1. The lowest BCUT2D eigenvalue weighted by atomic mass is 9.91. The van der Waals surface area contributed by atoms with Crippen molar-refractivity contribution in [2.75, 3.05) is 6.54 Å². The van der Waals surface area contributed by atoms with Gasteiger partial charge in [0.05, 0.1) is 6.04 Å². The number of amides is 1. The van der Waals surface area contributed by atoms with Gasteiger partial charge in [-0.25, -0.2) is 4.79 Å². The number of hydrogen-bond donors (Lipinski definition) is 1. The molecule has 2 atom stereocenters. The van der Waals surface area contributed by atoms with Crippen molar-refractivity contribution in [1.29, 1.82) is 0 Å². The van der Waals surface area contributed by atoms with Gasteiger partial charge in [0, 0.05) is 12.6 Å². The lowest BCUT2D eigenvalue weighted by Crippen LogP contribution is -2.48. The summed E-state index contributed by atoms with van der Waals surface area (Å²) in [5.41, 5.74) is 8.35. The van der Waals surface area contributed by atoms with Crippen molar-refractivity contribution in [2.24, 2.45) is 5.73 Å². The maximum absolute atomic E-state index is 12.5. The topological polar surface area (TPSA) is 55.6 Å². The van der Waals surface area contributed by atoms with E-state index in [0.29, 0.717) is 6.54 Å². The van der Waals surface area contributed by atoms with Crippen LogP contribution in [-0.2, 0) is 11.3 Å². The summed E-state index contributed by atoms with van der Waals surface area (Å²) in [4.78, 5) is 14.3. The van der Waals surface area contributed by atoms with Crippen molar-refractivity contribution in [3.8, 4) is 0 Å². The monoisotopic (exact) mass is 310 g/mol. The van der Waals surface area contributed by atoms with E-state index in [-0.39, 0.29) is 24.8 Å². The Morgan fingerprint density at radius 3 is 2.43 bits per heavy atom. The van der Waals surface area contributed by atoms with Crippen molar-refractivity contribution >= 4 is 6.09 Å². The second kappa shape index (κ2) is 7.29. The number of nitrogens with two attached hydrogens (primary N) is 1. The Hall–Kier alpha value is -2.33. The molecule has 4 nitrogen and oxygen atoms in total. The standard InChI is InChI=1S/C19H22N2O2/c20-17-12-7-13-21(18(17)16-10-5-2-6-11-16)19(22)23-14-15-8-3-1-4-9-15/h1-6,8-11,17-18H,7,12-14,20H2/t17-,18-/m1/s1. The van der Waals surface area contributed by atoms with Crippen molar-refractivity contribution in [2.45, 2.75) is 31.5 Å². The van der Waals surface area contributed by atoms with Gasteiger partial charge >= 0.3 is 6.09 Å². The quantitative estimate of drug-likeness (QED) is 0.944. The molecule has 0 radical (unpaired) electrons. The average Bonchev–Trinajstić information content (AvgIpc) is 2.61. The number of hydrogen-bond acceptors (Lipinski definition) is 3. The molecular weight excluding hydrogens is 288 g/mol. The maximum Gasteiger partial charge on any atom is 0.410 e. The van der Waals surface area contributed by atoms with Gasteiger partial charge in [-0.2, -0.15) is 0 Å². The van der Waals surface area contributed by atoms with Gasteiger partial charge in [0.1, 0.15) is 6.61 Å². The summed E-state index contributed by atoms with van der Waals surface area (Å²) in [6.07, 6.45) is 1.53. The van der Waals surface area contributed by atoms with E-state index in [1.54, 1.807) is 4.90 Å². The van der Waals surface area contributed by atoms with Gasteiger partial charge < -0.3 is 10.5 Å². The van der Waals surface area contributed by atoms with Gasteiger partial charge in [-0.15, -0.1) is 0 Å². The summed E-state index contributed by atoms with van der Waals surface area (Å²) in [5.74, 6) is 0. The Morgan fingerprint density at radius 1 is 1.09 bits per heavy atom. The van der Waals surface area contributed by atoms with Crippen LogP contribution in [-0.4, -0.2) is 23.6 Å². The van der Waals surface area contributed by atoms with E-state index in [0.717, 1.165) is 24.0 Å².